The van der Waals surface area contributed by atoms with Crippen molar-refractivity contribution in [2.75, 3.05) is 32.7 Å². The van der Waals surface area contributed by atoms with Crippen molar-refractivity contribution < 1.29 is 4.74 Å². The third-order valence-corrected chi connectivity index (χ3v) is 7.51. The number of hydrogen-bond donors (Lipinski definition) is 0. The summed E-state index contributed by atoms with van der Waals surface area (Å²) < 4.78 is 6.17. The Labute approximate surface area is 214 Å². The SMILES string of the molecule is N#Cc1ccc(CN2CCC(N3C=C(N4CCC(Oc5ccc(C#N)cc5)CC4)C=CC3)CC2)cc1. The van der Waals surface area contributed by atoms with E-state index in [4.69, 9.17) is 15.3 Å². The number of nitriles is 2. The first kappa shape index (κ1) is 24.0. The monoisotopic (exact) mass is 479 g/mol. The molecule has 6 heteroatoms. The molecule has 2 saturated heterocycles. The van der Waals surface area contributed by atoms with Crippen molar-refractivity contribution in [3.8, 4) is 17.9 Å². The van der Waals surface area contributed by atoms with Crippen LogP contribution in [0.4, 0.5) is 0 Å². The van der Waals surface area contributed by atoms with Crippen LogP contribution in [0.2, 0.25) is 0 Å². The summed E-state index contributed by atoms with van der Waals surface area (Å²) in [6.45, 7) is 6.14. The van der Waals surface area contributed by atoms with Gasteiger partial charge in [0.15, 0.2) is 0 Å². The van der Waals surface area contributed by atoms with Crippen molar-refractivity contribution >= 4 is 0 Å². The molecule has 2 aromatic rings. The molecular formula is C30H33N5O. The van der Waals surface area contributed by atoms with Crippen LogP contribution in [0.3, 0.4) is 0 Å². The minimum atomic E-state index is 0.221. The molecule has 0 atom stereocenters. The van der Waals surface area contributed by atoms with Crippen LogP contribution in [0.5, 0.6) is 5.75 Å². The third-order valence-electron chi connectivity index (χ3n) is 7.51. The van der Waals surface area contributed by atoms with Gasteiger partial charge in [-0.25, -0.2) is 0 Å². The Morgan fingerprint density at radius 1 is 0.806 bits per heavy atom. The van der Waals surface area contributed by atoms with Gasteiger partial charge in [-0.05, 0) is 60.9 Å². The molecule has 36 heavy (non-hydrogen) atoms. The smallest absolute Gasteiger partial charge is 0.119 e. The maximum atomic E-state index is 8.99. The molecule has 0 saturated carbocycles. The average Bonchev–Trinajstić information content (AvgIpc) is 2.95. The van der Waals surface area contributed by atoms with Gasteiger partial charge < -0.3 is 14.5 Å². The van der Waals surface area contributed by atoms with E-state index >= 15 is 0 Å². The fraction of sp³-hybridized carbons (Fsp3) is 0.400. The van der Waals surface area contributed by atoms with E-state index in [0.29, 0.717) is 11.6 Å². The van der Waals surface area contributed by atoms with Gasteiger partial charge in [-0.1, -0.05) is 18.2 Å². The van der Waals surface area contributed by atoms with Gasteiger partial charge in [-0.15, -0.1) is 0 Å². The second kappa shape index (κ2) is 11.3. The normalized spacial score (nSPS) is 19.4. The maximum Gasteiger partial charge on any atom is 0.119 e. The second-order valence-electron chi connectivity index (χ2n) is 9.91. The number of rotatable bonds is 6. The van der Waals surface area contributed by atoms with Crippen LogP contribution < -0.4 is 4.74 Å². The van der Waals surface area contributed by atoms with E-state index in [9.17, 15) is 0 Å². The van der Waals surface area contributed by atoms with Crippen LogP contribution in [0.15, 0.2) is 72.6 Å². The predicted octanol–water partition coefficient (Wildman–Crippen LogP) is 4.65. The van der Waals surface area contributed by atoms with Gasteiger partial charge in [0.1, 0.15) is 11.9 Å². The number of allylic oxidation sites excluding steroid dienone is 1. The lowest BCUT2D eigenvalue weighted by molar-refractivity contribution is 0.114. The summed E-state index contributed by atoms with van der Waals surface area (Å²) >= 11 is 0. The zero-order valence-corrected chi connectivity index (χ0v) is 20.7. The Bertz CT molecular complexity index is 1160. The molecule has 184 valence electrons. The first-order valence-electron chi connectivity index (χ1n) is 13.0. The summed E-state index contributed by atoms with van der Waals surface area (Å²) in [6, 6.07) is 20.3. The summed E-state index contributed by atoms with van der Waals surface area (Å²) in [7, 11) is 0. The molecule has 2 fully saturated rings. The van der Waals surface area contributed by atoms with E-state index in [-0.39, 0.29) is 6.10 Å². The molecule has 0 bridgehead atoms. The van der Waals surface area contributed by atoms with Crippen molar-refractivity contribution in [1.82, 2.24) is 14.7 Å². The molecule has 3 aliphatic rings. The molecule has 3 heterocycles. The Hall–Kier alpha value is -3.74. The number of benzene rings is 2. The molecule has 6 nitrogen and oxygen atoms in total. The van der Waals surface area contributed by atoms with Gasteiger partial charge in [0.2, 0.25) is 0 Å². The lowest BCUT2D eigenvalue weighted by Crippen LogP contribution is -2.44. The number of nitrogens with zero attached hydrogens (tertiary/aromatic N) is 5. The van der Waals surface area contributed by atoms with Crippen LogP contribution in [-0.4, -0.2) is 59.6 Å². The molecule has 0 unspecified atom stereocenters. The summed E-state index contributed by atoms with van der Waals surface area (Å²) in [4.78, 5) is 7.55. The quantitative estimate of drug-likeness (QED) is 0.601. The van der Waals surface area contributed by atoms with Crippen molar-refractivity contribution in [1.29, 1.82) is 10.5 Å². The molecule has 0 amide bonds. The third kappa shape index (κ3) is 5.90. The summed E-state index contributed by atoms with van der Waals surface area (Å²) in [6.07, 6.45) is 11.5. The van der Waals surface area contributed by atoms with Gasteiger partial charge in [-0.3, -0.25) is 4.90 Å². The van der Waals surface area contributed by atoms with E-state index in [1.807, 2.05) is 36.4 Å². The molecule has 5 rings (SSSR count). The number of piperidine rings is 2. The standard InChI is InChI=1S/C30H33N5O/c31-20-24-3-5-26(6-4-24)22-33-16-11-27(12-17-33)35-15-1-2-28(23-35)34-18-13-30(14-19-34)36-29-9-7-25(21-32)8-10-29/h1-10,23,27,30H,11-19,22H2. The largest absolute Gasteiger partial charge is 0.490 e. The Kier molecular flexibility index (Phi) is 7.55. The summed E-state index contributed by atoms with van der Waals surface area (Å²) in [5, 5.41) is 18.0. The van der Waals surface area contributed by atoms with Gasteiger partial charge in [0.25, 0.3) is 0 Å². The fourth-order valence-electron chi connectivity index (χ4n) is 5.39. The summed E-state index contributed by atoms with van der Waals surface area (Å²) in [5.41, 5.74) is 3.98. The van der Waals surface area contributed by atoms with Gasteiger partial charge >= 0.3 is 0 Å². The predicted molar refractivity (Wildman–Crippen MR) is 140 cm³/mol. The van der Waals surface area contributed by atoms with Crippen LogP contribution in [0.25, 0.3) is 0 Å². The fourth-order valence-corrected chi connectivity index (χ4v) is 5.39. The average molecular weight is 480 g/mol. The first-order valence-corrected chi connectivity index (χ1v) is 13.0. The molecule has 0 aliphatic carbocycles. The van der Waals surface area contributed by atoms with E-state index < -0.39 is 0 Å². The van der Waals surface area contributed by atoms with E-state index in [2.05, 4.69) is 57.3 Å². The van der Waals surface area contributed by atoms with Gasteiger partial charge in [0.05, 0.1) is 29.0 Å². The Morgan fingerprint density at radius 2 is 1.44 bits per heavy atom. The van der Waals surface area contributed by atoms with Crippen LogP contribution in [0.1, 0.15) is 42.4 Å². The minimum absolute atomic E-state index is 0.221. The molecule has 3 aliphatic heterocycles. The highest BCUT2D eigenvalue weighted by atomic mass is 16.5. The number of ether oxygens (including phenoxy) is 1. The van der Waals surface area contributed by atoms with Gasteiger partial charge in [-0.2, -0.15) is 10.5 Å². The Balaban J connectivity index is 1.09. The molecule has 0 N–H and O–H groups in total. The zero-order chi connectivity index (χ0) is 24.7. The highest BCUT2D eigenvalue weighted by Crippen LogP contribution is 2.26. The number of hydrogen-bond acceptors (Lipinski definition) is 6. The molecule has 0 spiro atoms. The van der Waals surface area contributed by atoms with Gasteiger partial charge in [0, 0.05) is 64.4 Å². The van der Waals surface area contributed by atoms with E-state index in [1.165, 1.54) is 24.1 Å². The molecule has 0 radical (unpaired) electrons. The second-order valence-corrected chi connectivity index (χ2v) is 9.91. The van der Waals surface area contributed by atoms with Crippen molar-refractivity contribution in [2.45, 2.75) is 44.4 Å². The van der Waals surface area contributed by atoms with Crippen molar-refractivity contribution in [2.24, 2.45) is 0 Å². The lowest BCUT2D eigenvalue weighted by atomic mass is 10.0. The minimum Gasteiger partial charge on any atom is -0.490 e. The van der Waals surface area contributed by atoms with E-state index in [0.717, 1.165) is 63.4 Å². The Morgan fingerprint density at radius 3 is 2.08 bits per heavy atom. The molecule has 0 aromatic heterocycles. The molecular weight excluding hydrogens is 446 g/mol. The van der Waals surface area contributed by atoms with Crippen LogP contribution >= 0.6 is 0 Å². The highest BCUT2D eigenvalue weighted by molar-refractivity contribution is 5.35. The number of likely N-dealkylation sites (tertiary alicyclic amines) is 2. The highest BCUT2D eigenvalue weighted by Gasteiger charge is 2.26. The van der Waals surface area contributed by atoms with Crippen molar-refractivity contribution in [3.05, 3.63) is 89.3 Å². The zero-order valence-electron chi connectivity index (χ0n) is 20.7. The van der Waals surface area contributed by atoms with Crippen LogP contribution in [-0.2, 0) is 6.54 Å². The van der Waals surface area contributed by atoms with E-state index in [1.54, 1.807) is 0 Å². The topological polar surface area (TPSA) is 66.5 Å². The summed E-state index contributed by atoms with van der Waals surface area (Å²) in [5.74, 6) is 0.848. The van der Waals surface area contributed by atoms with Crippen LogP contribution in [0, 0.1) is 22.7 Å². The van der Waals surface area contributed by atoms with Crippen molar-refractivity contribution in [3.63, 3.8) is 0 Å². The lowest BCUT2D eigenvalue weighted by Gasteiger charge is -2.41. The first-order chi connectivity index (χ1) is 17.7. The molecule has 2 aromatic carbocycles. The maximum absolute atomic E-state index is 8.99.